The average Bonchev–Trinajstić information content (AvgIpc) is 2.88. The first-order valence-electron chi connectivity index (χ1n) is 13.0. The van der Waals surface area contributed by atoms with Gasteiger partial charge in [-0.15, -0.1) is 0 Å². The standard InChI is InChI=1S/C25H36F3N5O3S/c1-5-17(6-2)15-32(16-18(7-3)8-4)31-11-9-30(10-12-31)24-29-23(34)20-13-19(25(26,27)28)14-21(33(35)36)22(20)37-24/h13-14,17-18H,5-12,15-16H2,1-4H3. The molecule has 0 unspecified atom stereocenters. The molecule has 1 aliphatic rings. The normalized spacial score (nSPS) is 15.5. The fourth-order valence-electron chi connectivity index (χ4n) is 4.74. The molecule has 1 saturated heterocycles. The first-order chi connectivity index (χ1) is 17.5. The predicted molar refractivity (Wildman–Crippen MR) is 141 cm³/mol. The van der Waals surface area contributed by atoms with E-state index in [9.17, 15) is 28.1 Å². The number of nitrogens with zero attached hydrogens (tertiary/aromatic N) is 5. The largest absolute Gasteiger partial charge is 0.416 e. The van der Waals surface area contributed by atoms with E-state index in [-0.39, 0.29) is 10.1 Å². The second-order valence-corrected chi connectivity index (χ2v) is 10.6. The summed E-state index contributed by atoms with van der Waals surface area (Å²) >= 11 is 0.901. The molecule has 2 aromatic rings. The van der Waals surface area contributed by atoms with Crippen LogP contribution in [0, 0.1) is 22.0 Å². The predicted octanol–water partition coefficient (Wildman–Crippen LogP) is 5.79. The van der Waals surface area contributed by atoms with Crippen molar-refractivity contribution in [3.05, 3.63) is 38.2 Å². The summed E-state index contributed by atoms with van der Waals surface area (Å²) in [6, 6.07) is 1.15. The number of rotatable bonds is 11. The van der Waals surface area contributed by atoms with Gasteiger partial charge in [-0.25, -0.2) is 10.0 Å². The van der Waals surface area contributed by atoms with E-state index in [2.05, 4.69) is 42.7 Å². The number of hydrogen-bond acceptors (Lipinski definition) is 8. The maximum atomic E-state index is 13.3. The van der Waals surface area contributed by atoms with Gasteiger partial charge in [-0.1, -0.05) is 64.7 Å². The molecule has 0 atom stereocenters. The Kier molecular flexibility index (Phi) is 9.87. The van der Waals surface area contributed by atoms with Gasteiger partial charge in [0.2, 0.25) is 0 Å². The Morgan fingerprint density at radius 2 is 1.57 bits per heavy atom. The molecule has 2 heterocycles. The Hall–Kier alpha value is -2.31. The van der Waals surface area contributed by atoms with E-state index in [1.807, 2.05) is 4.90 Å². The summed E-state index contributed by atoms with van der Waals surface area (Å²) in [6.45, 7) is 13.4. The molecule has 3 rings (SSSR count). The number of fused-ring (bicyclic) bond motifs is 1. The third-order valence-electron chi connectivity index (χ3n) is 7.39. The molecule has 1 aromatic heterocycles. The SMILES string of the molecule is CCC(CC)CN(CC(CC)CC)N1CCN(c2nc(=O)c3cc(C(F)(F)F)cc([N+](=O)[O-])c3s2)CC1. The molecule has 8 nitrogen and oxygen atoms in total. The lowest BCUT2D eigenvalue weighted by atomic mass is 10.0. The summed E-state index contributed by atoms with van der Waals surface area (Å²) in [7, 11) is 0. The zero-order valence-electron chi connectivity index (χ0n) is 21.9. The summed E-state index contributed by atoms with van der Waals surface area (Å²) in [5, 5.41) is 16.3. The molecule has 0 aliphatic carbocycles. The number of hydrazine groups is 1. The van der Waals surface area contributed by atoms with Crippen molar-refractivity contribution >= 4 is 32.2 Å². The third kappa shape index (κ3) is 6.97. The van der Waals surface area contributed by atoms with Gasteiger partial charge in [0, 0.05) is 45.3 Å². The number of aromatic nitrogens is 1. The van der Waals surface area contributed by atoms with Gasteiger partial charge in [-0.05, 0) is 17.9 Å². The zero-order valence-corrected chi connectivity index (χ0v) is 22.7. The van der Waals surface area contributed by atoms with Crippen LogP contribution in [0.3, 0.4) is 0 Å². The van der Waals surface area contributed by atoms with Crippen LogP contribution in [0.4, 0.5) is 24.0 Å². The molecule has 37 heavy (non-hydrogen) atoms. The summed E-state index contributed by atoms with van der Waals surface area (Å²) in [5.74, 6) is 1.20. The highest BCUT2D eigenvalue weighted by molar-refractivity contribution is 7.22. The van der Waals surface area contributed by atoms with E-state index in [1.54, 1.807) is 0 Å². The van der Waals surface area contributed by atoms with Crippen molar-refractivity contribution in [2.45, 2.75) is 59.6 Å². The van der Waals surface area contributed by atoms with Crippen molar-refractivity contribution in [3.63, 3.8) is 0 Å². The number of halogens is 3. The van der Waals surface area contributed by atoms with E-state index >= 15 is 0 Å². The van der Waals surface area contributed by atoms with Gasteiger partial charge in [-0.3, -0.25) is 14.9 Å². The van der Waals surface area contributed by atoms with E-state index < -0.39 is 27.9 Å². The van der Waals surface area contributed by atoms with Gasteiger partial charge >= 0.3 is 6.18 Å². The number of anilines is 1. The summed E-state index contributed by atoms with van der Waals surface area (Å²) in [5.41, 5.74) is -2.84. The van der Waals surface area contributed by atoms with Crippen LogP contribution in [0.5, 0.6) is 0 Å². The van der Waals surface area contributed by atoms with Crippen molar-refractivity contribution in [1.82, 2.24) is 15.0 Å². The minimum Gasteiger partial charge on any atom is -0.345 e. The highest BCUT2D eigenvalue weighted by Crippen LogP contribution is 2.38. The Bertz CT molecular complexity index is 1110. The smallest absolute Gasteiger partial charge is 0.345 e. The van der Waals surface area contributed by atoms with Crippen molar-refractivity contribution in [2.75, 3.05) is 44.2 Å². The van der Waals surface area contributed by atoms with Crippen LogP contribution < -0.4 is 10.5 Å². The van der Waals surface area contributed by atoms with Crippen molar-refractivity contribution in [2.24, 2.45) is 11.8 Å². The van der Waals surface area contributed by atoms with E-state index in [1.165, 1.54) is 0 Å². The molecule has 0 spiro atoms. The minimum atomic E-state index is -4.81. The molecule has 1 aliphatic heterocycles. The molecule has 1 fully saturated rings. The van der Waals surface area contributed by atoms with Crippen LogP contribution in [-0.4, -0.2) is 59.2 Å². The fraction of sp³-hybridized carbons (Fsp3) is 0.680. The Balaban J connectivity index is 1.86. The molecule has 0 N–H and O–H groups in total. The van der Waals surface area contributed by atoms with Crippen molar-refractivity contribution < 1.29 is 18.1 Å². The number of hydrogen-bond donors (Lipinski definition) is 0. The Labute approximate surface area is 219 Å². The molecule has 12 heteroatoms. The van der Waals surface area contributed by atoms with Gasteiger partial charge in [0.15, 0.2) is 5.13 Å². The minimum absolute atomic E-state index is 0.0838. The summed E-state index contributed by atoms with van der Waals surface area (Å²) in [6.07, 6.45) is -0.362. The summed E-state index contributed by atoms with van der Waals surface area (Å²) in [4.78, 5) is 29.3. The zero-order chi connectivity index (χ0) is 27.3. The highest BCUT2D eigenvalue weighted by Gasteiger charge is 2.34. The number of nitro benzene ring substituents is 1. The Morgan fingerprint density at radius 3 is 2.03 bits per heavy atom. The first kappa shape index (κ1) is 29.2. The second kappa shape index (κ2) is 12.5. The molecule has 0 amide bonds. The number of alkyl halides is 3. The average molecular weight is 544 g/mol. The van der Waals surface area contributed by atoms with Crippen LogP contribution in [-0.2, 0) is 6.18 Å². The van der Waals surface area contributed by atoms with Crippen LogP contribution in [0.2, 0.25) is 0 Å². The molecule has 0 bridgehead atoms. The van der Waals surface area contributed by atoms with Gasteiger partial charge in [0.05, 0.1) is 15.9 Å². The fourth-order valence-corrected chi connectivity index (χ4v) is 5.86. The van der Waals surface area contributed by atoms with Gasteiger partial charge in [-0.2, -0.15) is 18.2 Å². The van der Waals surface area contributed by atoms with Crippen LogP contribution in [0.1, 0.15) is 58.9 Å². The van der Waals surface area contributed by atoms with Gasteiger partial charge in [0.1, 0.15) is 4.70 Å². The van der Waals surface area contributed by atoms with Crippen molar-refractivity contribution in [1.29, 1.82) is 0 Å². The lowest BCUT2D eigenvalue weighted by Gasteiger charge is -2.43. The van der Waals surface area contributed by atoms with Gasteiger partial charge in [0.25, 0.3) is 11.2 Å². The number of non-ortho nitro benzene ring substituents is 1. The lowest BCUT2D eigenvalue weighted by molar-refractivity contribution is -0.383. The molecule has 1 aromatic carbocycles. The van der Waals surface area contributed by atoms with Crippen LogP contribution in [0.15, 0.2) is 16.9 Å². The number of nitro groups is 1. The van der Waals surface area contributed by atoms with E-state index in [0.29, 0.717) is 55.3 Å². The topological polar surface area (TPSA) is 82.8 Å². The quantitative estimate of drug-likeness (QED) is 0.262. The molecule has 0 radical (unpaired) electrons. The number of piperazine rings is 1. The van der Waals surface area contributed by atoms with E-state index in [4.69, 9.17) is 0 Å². The van der Waals surface area contributed by atoms with E-state index in [0.717, 1.165) is 50.1 Å². The molecular formula is C25H36F3N5O3S. The molecule has 206 valence electrons. The molecule has 0 saturated carbocycles. The highest BCUT2D eigenvalue weighted by atomic mass is 32.1. The summed E-state index contributed by atoms with van der Waals surface area (Å²) < 4.78 is 39.7. The maximum absolute atomic E-state index is 13.3. The van der Waals surface area contributed by atoms with Gasteiger partial charge < -0.3 is 4.90 Å². The molecular weight excluding hydrogens is 507 g/mol. The third-order valence-corrected chi connectivity index (χ3v) is 8.55. The van der Waals surface area contributed by atoms with Crippen LogP contribution >= 0.6 is 11.3 Å². The Morgan fingerprint density at radius 1 is 1.03 bits per heavy atom. The number of benzene rings is 1. The second-order valence-electron chi connectivity index (χ2n) is 9.61. The maximum Gasteiger partial charge on any atom is 0.416 e. The van der Waals surface area contributed by atoms with Crippen molar-refractivity contribution in [3.8, 4) is 0 Å². The lowest BCUT2D eigenvalue weighted by Crippen LogP contribution is -2.56. The first-order valence-corrected chi connectivity index (χ1v) is 13.8. The monoisotopic (exact) mass is 543 g/mol. The van der Waals surface area contributed by atoms with Crippen LogP contribution in [0.25, 0.3) is 10.1 Å².